The van der Waals surface area contributed by atoms with Crippen molar-refractivity contribution in [3.05, 3.63) is 39.9 Å². The number of aliphatic carboxylic acids is 1. The molecular formula is C14H17NO4. The van der Waals surface area contributed by atoms with Gasteiger partial charge >= 0.3 is 5.97 Å². The van der Waals surface area contributed by atoms with Crippen LogP contribution in [0.5, 0.6) is 0 Å². The van der Waals surface area contributed by atoms with Crippen molar-refractivity contribution < 1.29 is 14.8 Å². The quantitative estimate of drug-likeness (QED) is 0.631. The summed E-state index contributed by atoms with van der Waals surface area (Å²) in [5.74, 6) is -0.458. The van der Waals surface area contributed by atoms with Gasteiger partial charge in [-0.1, -0.05) is 12.1 Å². The molecule has 102 valence electrons. The second-order valence-electron chi connectivity index (χ2n) is 5.42. The molecule has 5 nitrogen and oxygen atoms in total. The van der Waals surface area contributed by atoms with Crippen molar-refractivity contribution in [2.24, 2.45) is 11.3 Å². The summed E-state index contributed by atoms with van der Waals surface area (Å²) in [7, 11) is 0. The molecule has 0 aliphatic heterocycles. The van der Waals surface area contributed by atoms with Gasteiger partial charge in [0, 0.05) is 12.1 Å². The Balaban J connectivity index is 2.01. The maximum Gasteiger partial charge on any atom is 0.309 e. The highest BCUT2D eigenvalue weighted by Crippen LogP contribution is 2.48. The number of rotatable bonds is 6. The molecule has 0 aromatic heterocycles. The van der Waals surface area contributed by atoms with E-state index >= 15 is 0 Å². The molecular weight excluding hydrogens is 246 g/mol. The van der Waals surface area contributed by atoms with Gasteiger partial charge in [0.2, 0.25) is 0 Å². The highest BCUT2D eigenvalue weighted by atomic mass is 16.6. The molecule has 0 radical (unpaired) electrons. The lowest BCUT2D eigenvalue weighted by molar-refractivity contribution is -0.384. The van der Waals surface area contributed by atoms with Crippen molar-refractivity contribution in [2.75, 3.05) is 0 Å². The number of benzene rings is 1. The van der Waals surface area contributed by atoms with E-state index in [1.807, 2.05) is 0 Å². The highest BCUT2D eigenvalue weighted by molar-refractivity contribution is 5.75. The zero-order chi connectivity index (χ0) is 14.0. The molecule has 2 rings (SSSR count). The SMILES string of the molecule is CC(CCc1ccc([N+](=O)[O-])cc1)(C(=O)O)C1CC1. The highest BCUT2D eigenvalue weighted by Gasteiger charge is 2.46. The van der Waals surface area contributed by atoms with Gasteiger partial charge in [-0.3, -0.25) is 14.9 Å². The van der Waals surface area contributed by atoms with Crippen molar-refractivity contribution in [2.45, 2.75) is 32.6 Å². The number of carbonyl (C=O) groups is 1. The normalized spacial score (nSPS) is 17.7. The van der Waals surface area contributed by atoms with Crippen LogP contribution in [0.1, 0.15) is 31.7 Å². The second-order valence-corrected chi connectivity index (χ2v) is 5.42. The van der Waals surface area contributed by atoms with E-state index in [2.05, 4.69) is 0 Å². The van der Waals surface area contributed by atoms with Gasteiger partial charge in [0.1, 0.15) is 0 Å². The second kappa shape index (κ2) is 4.99. The summed E-state index contributed by atoms with van der Waals surface area (Å²) in [6, 6.07) is 6.33. The number of nitrogens with zero attached hydrogens (tertiary/aromatic N) is 1. The predicted molar refractivity (Wildman–Crippen MR) is 69.9 cm³/mol. The average Bonchev–Trinajstić information content (AvgIpc) is 3.20. The van der Waals surface area contributed by atoms with Crippen molar-refractivity contribution in [3.8, 4) is 0 Å². The molecule has 1 atom stereocenters. The Hall–Kier alpha value is -1.91. The Morgan fingerprint density at radius 1 is 1.42 bits per heavy atom. The van der Waals surface area contributed by atoms with Gasteiger partial charge in [-0.05, 0) is 44.1 Å². The van der Waals surface area contributed by atoms with Gasteiger partial charge in [-0.25, -0.2) is 0 Å². The topological polar surface area (TPSA) is 80.4 Å². The van der Waals surface area contributed by atoms with Crippen molar-refractivity contribution in [1.29, 1.82) is 0 Å². The molecule has 0 saturated heterocycles. The summed E-state index contributed by atoms with van der Waals surface area (Å²) in [5, 5.41) is 19.9. The fraction of sp³-hybridized carbons (Fsp3) is 0.500. The maximum absolute atomic E-state index is 11.4. The van der Waals surface area contributed by atoms with Crippen LogP contribution in [0.15, 0.2) is 24.3 Å². The van der Waals surface area contributed by atoms with Crippen molar-refractivity contribution in [1.82, 2.24) is 0 Å². The van der Waals surface area contributed by atoms with E-state index in [-0.39, 0.29) is 11.6 Å². The fourth-order valence-corrected chi connectivity index (χ4v) is 2.39. The van der Waals surface area contributed by atoms with Crippen molar-refractivity contribution >= 4 is 11.7 Å². The third-order valence-electron chi connectivity index (χ3n) is 4.05. The summed E-state index contributed by atoms with van der Waals surface area (Å²) in [6.07, 6.45) is 3.19. The van der Waals surface area contributed by atoms with Gasteiger partial charge in [0.05, 0.1) is 10.3 Å². The maximum atomic E-state index is 11.4. The Labute approximate surface area is 111 Å². The van der Waals surface area contributed by atoms with E-state index in [0.29, 0.717) is 12.8 Å². The van der Waals surface area contributed by atoms with E-state index in [0.717, 1.165) is 18.4 Å². The largest absolute Gasteiger partial charge is 0.481 e. The summed E-state index contributed by atoms with van der Waals surface area (Å²) in [5.41, 5.74) is 0.340. The molecule has 0 amide bonds. The molecule has 1 fully saturated rings. The molecule has 0 heterocycles. The number of carboxylic acids is 1. The fourth-order valence-electron chi connectivity index (χ4n) is 2.39. The Morgan fingerprint density at radius 3 is 2.42 bits per heavy atom. The molecule has 1 aromatic carbocycles. The minimum Gasteiger partial charge on any atom is -0.481 e. The van der Waals surface area contributed by atoms with Crippen LogP contribution in [-0.4, -0.2) is 16.0 Å². The van der Waals surface area contributed by atoms with Gasteiger partial charge in [0.25, 0.3) is 5.69 Å². The minimum absolute atomic E-state index is 0.0620. The van der Waals surface area contributed by atoms with Crippen molar-refractivity contribution in [3.63, 3.8) is 0 Å². The number of hydrogen-bond acceptors (Lipinski definition) is 3. The number of carboxylic acid groups (broad SMARTS) is 1. The molecule has 1 unspecified atom stereocenters. The van der Waals surface area contributed by atoms with E-state index in [9.17, 15) is 20.0 Å². The third kappa shape index (κ3) is 2.92. The molecule has 5 heteroatoms. The molecule has 19 heavy (non-hydrogen) atoms. The van der Waals surface area contributed by atoms with Crippen LogP contribution in [0.2, 0.25) is 0 Å². The van der Waals surface area contributed by atoms with E-state index < -0.39 is 16.3 Å². The first-order valence-electron chi connectivity index (χ1n) is 6.40. The first-order chi connectivity index (χ1) is 8.93. The molecule has 1 saturated carbocycles. The standard InChI is InChI=1S/C14H17NO4/c1-14(13(16)17,11-4-5-11)9-8-10-2-6-12(7-3-10)15(18)19/h2-3,6-7,11H,4-5,8-9H2,1H3,(H,16,17). The van der Waals surface area contributed by atoms with Gasteiger partial charge < -0.3 is 5.11 Å². The molecule has 0 bridgehead atoms. The zero-order valence-corrected chi connectivity index (χ0v) is 10.8. The molecule has 1 aliphatic carbocycles. The van der Waals surface area contributed by atoms with Crippen LogP contribution in [0, 0.1) is 21.4 Å². The van der Waals surface area contributed by atoms with Crippen LogP contribution in [0.4, 0.5) is 5.69 Å². The lowest BCUT2D eigenvalue weighted by Crippen LogP contribution is -2.30. The zero-order valence-electron chi connectivity index (χ0n) is 10.8. The third-order valence-corrected chi connectivity index (χ3v) is 4.05. The molecule has 0 spiro atoms. The number of nitro benzene ring substituents is 1. The van der Waals surface area contributed by atoms with Crippen LogP contribution in [0.25, 0.3) is 0 Å². The first-order valence-corrected chi connectivity index (χ1v) is 6.40. The average molecular weight is 263 g/mol. The van der Waals surface area contributed by atoms with Crippen LogP contribution in [0.3, 0.4) is 0 Å². The summed E-state index contributed by atoms with van der Waals surface area (Å²) in [6.45, 7) is 1.80. The Kier molecular flexibility index (Phi) is 3.55. The summed E-state index contributed by atoms with van der Waals surface area (Å²) >= 11 is 0. The van der Waals surface area contributed by atoms with E-state index in [1.165, 1.54) is 12.1 Å². The lowest BCUT2D eigenvalue weighted by Gasteiger charge is -2.24. The lowest BCUT2D eigenvalue weighted by atomic mass is 9.79. The Bertz CT molecular complexity index is 493. The number of hydrogen-bond donors (Lipinski definition) is 1. The molecule has 1 aromatic rings. The summed E-state index contributed by atoms with van der Waals surface area (Å²) in [4.78, 5) is 21.5. The van der Waals surface area contributed by atoms with Crippen LogP contribution < -0.4 is 0 Å². The van der Waals surface area contributed by atoms with Gasteiger partial charge in [-0.15, -0.1) is 0 Å². The minimum atomic E-state index is -0.739. The number of aryl methyl sites for hydroxylation is 1. The van der Waals surface area contributed by atoms with E-state index in [4.69, 9.17) is 0 Å². The summed E-state index contributed by atoms with van der Waals surface area (Å²) < 4.78 is 0. The predicted octanol–water partition coefficient (Wildman–Crippen LogP) is 3.03. The van der Waals surface area contributed by atoms with Gasteiger partial charge in [-0.2, -0.15) is 0 Å². The molecule has 1 N–H and O–H groups in total. The van der Waals surface area contributed by atoms with Gasteiger partial charge in [0.15, 0.2) is 0 Å². The first kappa shape index (κ1) is 13.5. The smallest absolute Gasteiger partial charge is 0.309 e. The number of nitro groups is 1. The number of non-ortho nitro benzene ring substituents is 1. The van der Waals surface area contributed by atoms with E-state index in [1.54, 1.807) is 19.1 Å². The molecule has 1 aliphatic rings. The van der Waals surface area contributed by atoms with Crippen LogP contribution >= 0.6 is 0 Å². The van der Waals surface area contributed by atoms with Crippen LogP contribution in [-0.2, 0) is 11.2 Å². The Morgan fingerprint density at radius 2 is 2.00 bits per heavy atom. The monoisotopic (exact) mass is 263 g/mol.